The maximum Gasteiger partial charge on any atom is 0.255 e. The van der Waals surface area contributed by atoms with Gasteiger partial charge >= 0.3 is 0 Å². The average Bonchev–Trinajstić information content (AvgIpc) is 2.83. The van der Waals surface area contributed by atoms with Crippen LogP contribution in [0.25, 0.3) is 0 Å². The van der Waals surface area contributed by atoms with Gasteiger partial charge in [-0.15, -0.1) is 0 Å². The zero-order chi connectivity index (χ0) is 24.0. The third-order valence-corrected chi connectivity index (χ3v) is 6.38. The van der Waals surface area contributed by atoms with Gasteiger partial charge in [-0.1, -0.05) is 29.8 Å². The predicted molar refractivity (Wildman–Crippen MR) is 126 cm³/mol. The number of carbonyl (C=O) groups excluding carboxylic acids is 2. The van der Waals surface area contributed by atoms with Gasteiger partial charge in [-0.2, -0.15) is 0 Å². The first-order valence-corrected chi connectivity index (χ1v) is 11.7. The first-order chi connectivity index (χ1) is 15.7. The van der Waals surface area contributed by atoms with E-state index in [2.05, 4.69) is 15.4 Å². The summed E-state index contributed by atoms with van der Waals surface area (Å²) in [5.74, 6) is -0.742. The van der Waals surface area contributed by atoms with Crippen LogP contribution in [-0.4, -0.2) is 34.4 Å². The number of benzene rings is 3. The molecule has 0 saturated carbocycles. The summed E-state index contributed by atoms with van der Waals surface area (Å²) in [4.78, 5) is 24.4. The number of methoxy groups -OCH3 is 1. The number of anilines is 1. The highest BCUT2D eigenvalue weighted by Crippen LogP contribution is 2.26. The van der Waals surface area contributed by atoms with Gasteiger partial charge in [-0.25, -0.2) is 13.1 Å². The quantitative estimate of drug-likeness (QED) is 0.450. The van der Waals surface area contributed by atoms with Gasteiger partial charge in [-0.05, 0) is 54.1 Å². The summed E-state index contributed by atoms with van der Waals surface area (Å²) in [6, 6.07) is 17.2. The maximum absolute atomic E-state index is 12.9. The van der Waals surface area contributed by atoms with Gasteiger partial charge in [0.25, 0.3) is 11.8 Å². The van der Waals surface area contributed by atoms with Gasteiger partial charge in [-0.3, -0.25) is 9.59 Å². The third-order valence-electron chi connectivity index (χ3n) is 4.70. The van der Waals surface area contributed by atoms with Crippen molar-refractivity contribution in [2.75, 3.05) is 19.5 Å². The van der Waals surface area contributed by atoms with Gasteiger partial charge < -0.3 is 15.4 Å². The smallest absolute Gasteiger partial charge is 0.255 e. The van der Waals surface area contributed by atoms with E-state index in [-0.39, 0.29) is 28.7 Å². The monoisotopic (exact) mass is 487 g/mol. The Morgan fingerprint density at radius 1 is 0.939 bits per heavy atom. The van der Waals surface area contributed by atoms with Crippen LogP contribution in [-0.2, 0) is 16.6 Å². The molecule has 3 aromatic carbocycles. The van der Waals surface area contributed by atoms with Crippen molar-refractivity contribution in [3.8, 4) is 5.75 Å². The molecule has 3 aromatic rings. The Balaban J connectivity index is 1.83. The van der Waals surface area contributed by atoms with Crippen LogP contribution >= 0.6 is 11.6 Å². The Morgan fingerprint density at radius 2 is 1.64 bits per heavy atom. The second-order valence-corrected chi connectivity index (χ2v) is 9.10. The van der Waals surface area contributed by atoms with Crippen LogP contribution in [0.2, 0.25) is 5.02 Å². The fraction of sp³-hybridized carbons (Fsp3) is 0.130. The molecular weight excluding hydrogens is 466 g/mol. The lowest BCUT2D eigenvalue weighted by Crippen LogP contribution is -2.24. The Bertz CT molecular complexity index is 1280. The lowest BCUT2D eigenvalue weighted by Gasteiger charge is -2.13. The van der Waals surface area contributed by atoms with Crippen LogP contribution in [0.1, 0.15) is 26.3 Å². The largest absolute Gasteiger partial charge is 0.495 e. The van der Waals surface area contributed by atoms with E-state index >= 15 is 0 Å². The third kappa shape index (κ3) is 6.10. The minimum atomic E-state index is -4.00. The average molecular weight is 488 g/mol. The highest BCUT2D eigenvalue weighted by Gasteiger charge is 2.22. The molecule has 3 rings (SSSR count). The summed E-state index contributed by atoms with van der Waals surface area (Å²) in [7, 11) is -1.15. The molecule has 172 valence electrons. The van der Waals surface area contributed by atoms with Crippen molar-refractivity contribution in [1.82, 2.24) is 10.0 Å². The van der Waals surface area contributed by atoms with E-state index in [1.807, 2.05) is 0 Å². The number of nitrogens with one attached hydrogen (secondary N) is 3. The maximum atomic E-state index is 12.9. The first-order valence-electron chi connectivity index (χ1n) is 9.79. The zero-order valence-corrected chi connectivity index (χ0v) is 19.5. The van der Waals surface area contributed by atoms with E-state index in [9.17, 15) is 18.0 Å². The molecule has 0 unspecified atom stereocenters. The number of carbonyl (C=O) groups is 2. The van der Waals surface area contributed by atoms with Crippen molar-refractivity contribution < 1.29 is 22.7 Å². The van der Waals surface area contributed by atoms with Crippen LogP contribution in [0.15, 0.2) is 71.6 Å². The second-order valence-electron chi connectivity index (χ2n) is 6.93. The highest BCUT2D eigenvalue weighted by molar-refractivity contribution is 7.89. The minimum Gasteiger partial charge on any atom is -0.495 e. The van der Waals surface area contributed by atoms with Crippen molar-refractivity contribution in [3.63, 3.8) is 0 Å². The van der Waals surface area contributed by atoms with Gasteiger partial charge in [0.2, 0.25) is 10.0 Å². The summed E-state index contributed by atoms with van der Waals surface area (Å²) in [5.41, 5.74) is 1.58. The lowest BCUT2D eigenvalue weighted by atomic mass is 10.1. The van der Waals surface area contributed by atoms with E-state index in [1.54, 1.807) is 42.5 Å². The summed E-state index contributed by atoms with van der Waals surface area (Å²) in [6.07, 6.45) is 0. The molecule has 0 heterocycles. The number of ether oxygens (including phenoxy) is 1. The van der Waals surface area contributed by atoms with Crippen LogP contribution in [0.4, 0.5) is 5.69 Å². The molecule has 0 radical (unpaired) electrons. The first kappa shape index (κ1) is 24.2. The molecule has 0 bridgehead atoms. The van der Waals surface area contributed by atoms with E-state index in [0.717, 1.165) is 0 Å². The molecule has 0 saturated heterocycles. The van der Waals surface area contributed by atoms with Gasteiger partial charge in [0.15, 0.2) is 0 Å². The molecule has 0 atom stereocenters. The zero-order valence-electron chi connectivity index (χ0n) is 17.9. The van der Waals surface area contributed by atoms with Crippen molar-refractivity contribution in [1.29, 1.82) is 0 Å². The Labute approximate surface area is 197 Å². The summed E-state index contributed by atoms with van der Waals surface area (Å²) >= 11 is 5.86. The number of sulfonamides is 1. The van der Waals surface area contributed by atoms with Crippen LogP contribution in [0.3, 0.4) is 0 Å². The Hall–Kier alpha value is -3.40. The summed E-state index contributed by atoms with van der Waals surface area (Å²) in [5, 5.41) is 5.72. The number of hydrogen-bond acceptors (Lipinski definition) is 5. The molecule has 0 aliphatic rings. The van der Waals surface area contributed by atoms with Gasteiger partial charge in [0, 0.05) is 35.4 Å². The van der Waals surface area contributed by atoms with Crippen molar-refractivity contribution in [2.45, 2.75) is 11.4 Å². The topological polar surface area (TPSA) is 114 Å². The minimum absolute atomic E-state index is 0.0331. The fourth-order valence-electron chi connectivity index (χ4n) is 2.97. The molecule has 0 spiro atoms. The van der Waals surface area contributed by atoms with Crippen molar-refractivity contribution in [2.24, 2.45) is 0 Å². The van der Waals surface area contributed by atoms with E-state index in [4.69, 9.17) is 16.3 Å². The van der Waals surface area contributed by atoms with Crippen molar-refractivity contribution >= 4 is 39.1 Å². The molecular formula is C23H22ClN3O5S. The molecule has 10 heteroatoms. The number of amides is 2. The standard InChI is InChI=1S/C23H22ClN3O5S/c1-25-22(28)16-4-3-5-19(12-16)27-23(29)17-8-11-20(32-2)21(13-17)33(30,31)26-14-15-6-9-18(24)10-7-15/h3-13,26H,14H2,1-2H3,(H,25,28)(H,27,29). The number of halogens is 1. The molecule has 33 heavy (non-hydrogen) atoms. The SMILES string of the molecule is CNC(=O)c1cccc(NC(=O)c2ccc(OC)c(S(=O)(=O)NCc3ccc(Cl)cc3)c2)c1. The summed E-state index contributed by atoms with van der Waals surface area (Å²) in [6.45, 7) is 0.0331. The Kier molecular flexibility index (Phi) is 7.70. The molecule has 0 aliphatic heterocycles. The molecule has 0 aliphatic carbocycles. The van der Waals surface area contributed by atoms with E-state index in [1.165, 1.54) is 38.4 Å². The molecule has 2 amide bonds. The Morgan fingerprint density at radius 3 is 2.30 bits per heavy atom. The van der Waals surface area contributed by atoms with Crippen LogP contribution in [0, 0.1) is 0 Å². The fourth-order valence-corrected chi connectivity index (χ4v) is 4.31. The summed E-state index contributed by atoms with van der Waals surface area (Å²) < 4.78 is 33.6. The van der Waals surface area contributed by atoms with E-state index in [0.29, 0.717) is 21.8 Å². The van der Waals surface area contributed by atoms with Crippen LogP contribution < -0.4 is 20.1 Å². The van der Waals surface area contributed by atoms with Gasteiger partial charge in [0.05, 0.1) is 7.11 Å². The normalized spacial score (nSPS) is 11.0. The molecule has 8 nitrogen and oxygen atoms in total. The second kappa shape index (κ2) is 10.5. The molecule has 0 aromatic heterocycles. The number of hydrogen-bond donors (Lipinski definition) is 3. The molecule has 0 fully saturated rings. The lowest BCUT2D eigenvalue weighted by molar-refractivity contribution is 0.0961. The van der Waals surface area contributed by atoms with Crippen LogP contribution in [0.5, 0.6) is 5.75 Å². The van der Waals surface area contributed by atoms with Crippen molar-refractivity contribution in [3.05, 3.63) is 88.4 Å². The predicted octanol–water partition coefficient (Wildman–Crippen LogP) is 3.44. The van der Waals surface area contributed by atoms with E-state index < -0.39 is 15.9 Å². The number of rotatable bonds is 8. The van der Waals surface area contributed by atoms with Gasteiger partial charge in [0.1, 0.15) is 10.6 Å². The molecule has 3 N–H and O–H groups in total. The highest BCUT2D eigenvalue weighted by atomic mass is 35.5.